The Morgan fingerprint density at radius 1 is 1.47 bits per heavy atom. The molecular weight excluding hydrogens is 282 g/mol. The van der Waals surface area contributed by atoms with Crippen molar-refractivity contribution in [3.05, 3.63) is 33.8 Å². The largest absolute Gasteiger partial charge is 0.382 e. The predicted octanol–water partition coefficient (Wildman–Crippen LogP) is 2.91. The van der Waals surface area contributed by atoms with Gasteiger partial charge in [-0.3, -0.25) is 4.79 Å². The van der Waals surface area contributed by atoms with Crippen LogP contribution in [-0.2, 0) is 4.74 Å². The van der Waals surface area contributed by atoms with Crippen molar-refractivity contribution in [2.24, 2.45) is 0 Å². The van der Waals surface area contributed by atoms with Gasteiger partial charge in [0, 0.05) is 11.6 Å². The third-order valence-corrected chi connectivity index (χ3v) is 2.98. The molecule has 1 rings (SSSR count). The molecular formula is C13H18BrNO2. The van der Waals surface area contributed by atoms with E-state index in [0.717, 1.165) is 10.0 Å². The zero-order valence-corrected chi connectivity index (χ0v) is 12.2. The number of hydrogen-bond acceptors (Lipinski definition) is 2. The van der Waals surface area contributed by atoms with E-state index in [1.807, 2.05) is 39.0 Å². The molecule has 0 aromatic heterocycles. The zero-order valence-electron chi connectivity index (χ0n) is 10.6. The second-order valence-electron chi connectivity index (χ2n) is 4.75. The third-order valence-electron chi connectivity index (χ3n) is 2.33. The zero-order chi connectivity index (χ0) is 13.1. The number of carbonyl (C=O) groups excluding carboxylic acids is 1. The molecule has 0 saturated heterocycles. The van der Waals surface area contributed by atoms with E-state index in [0.29, 0.717) is 12.2 Å². The van der Waals surface area contributed by atoms with Gasteiger partial charge in [-0.25, -0.2) is 0 Å². The molecule has 0 saturated carbocycles. The highest BCUT2D eigenvalue weighted by atomic mass is 79.9. The van der Waals surface area contributed by atoms with E-state index in [9.17, 15) is 4.79 Å². The van der Waals surface area contributed by atoms with E-state index in [1.165, 1.54) is 0 Å². The second-order valence-corrected chi connectivity index (χ2v) is 5.61. The Balaban J connectivity index is 2.83. The number of hydrogen-bond donors (Lipinski definition) is 1. The number of ether oxygens (including phenoxy) is 1. The fourth-order valence-electron chi connectivity index (χ4n) is 1.58. The molecule has 0 aliphatic carbocycles. The van der Waals surface area contributed by atoms with Crippen LogP contribution >= 0.6 is 15.9 Å². The summed E-state index contributed by atoms with van der Waals surface area (Å²) in [5.41, 5.74) is 1.38. The highest BCUT2D eigenvalue weighted by molar-refractivity contribution is 9.10. The molecule has 1 aromatic carbocycles. The van der Waals surface area contributed by atoms with Gasteiger partial charge in [-0.15, -0.1) is 0 Å². The molecule has 0 radical (unpaired) electrons. The van der Waals surface area contributed by atoms with Gasteiger partial charge in [0.15, 0.2) is 0 Å². The van der Waals surface area contributed by atoms with E-state index in [2.05, 4.69) is 21.2 Å². The van der Waals surface area contributed by atoms with Crippen molar-refractivity contribution < 1.29 is 9.53 Å². The van der Waals surface area contributed by atoms with Gasteiger partial charge >= 0.3 is 0 Å². The van der Waals surface area contributed by atoms with Crippen LogP contribution in [0.25, 0.3) is 0 Å². The average Bonchev–Trinajstić information content (AvgIpc) is 2.15. The number of methoxy groups -OCH3 is 1. The van der Waals surface area contributed by atoms with Crippen LogP contribution < -0.4 is 5.32 Å². The molecule has 17 heavy (non-hydrogen) atoms. The summed E-state index contributed by atoms with van der Waals surface area (Å²) >= 11 is 3.40. The predicted molar refractivity (Wildman–Crippen MR) is 72.3 cm³/mol. The molecule has 0 unspecified atom stereocenters. The number of nitrogens with one attached hydrogen (secondary N) is 1. The quantitative estimate of drug-likeness (QED) is 0.928. The number of carbonyl (C=O) groups is 1. The number of benzene rings is 1. The lowest BCUT2D eigenvalue weighted by Crippen LogP contribution is -2.46. The van der Waals surface area contributed by atoms with Crippen LogP contribution in [0.5, 0.6) is 0 Å². The van der Waals surface area contributed by atoms with Gasteiger partial charge < -0.3 is 10.1 Å². The summed E-state index contributed by atoms with van der Waals surface area (Å²) in [6, 6.07) is 5.67. The topological polar surface area (TPSA) is 38.3 Å². The van der Waals surface area contributed by atoms with E-state index in [-0.39, 0.29) is 11.4 Å². The van der Waals surface area contributed by atoms with Crippen LogP contribution in [0.1, 0.15) is 29.8 Å². The first kappa shape index (κ1) is 14.2. The van der Waals surface area contributed by atoms with E-state index < -0.39 is 0 Å². The van der Waals surface area contributed by atoms with Gasteiger partial charge in [-0.05, 0) is 54.4 Å². The Labute approximate surface area is 111 Å². The molecule has 3 nitrogen and oxygen atoms in total. The maximum absolute atomic E-state index is 12.1. The van der Waals surface area contributed by atoms with Gasteiger partial charge in [-0.1, -0.05) is 6.07 Å². The first-order chi connectivity index (χ1) is 7.85. The molecule has 0 heterocycles. The highest BCUT2D eigenvalue weighted by Gasteiger charge is 2.22. The first-order valence-electron chi connectivity index (χ1n) is 5.43. The van der Waals surface area contributed by atoms with Gasteiger partial charge in [0.25, 0.3) is 5.91 Å². The summed E-state index contributed by atoms with van der Waals surface area (Å²) in [7, 11) is 1.62. The normalized spacial score (nSPS) is 11.4. The van der Waals surface area contributed by atoms with E-state index >= 15 is 0 Å². The van der Waals surface area contributed by atoms with Crippen molar-refractivity contribution in [1.82, 2.24) is 5.32 Å². The van der Waals surface area contributed by atoms with Gasteiger partial charge in [0.05, 0.1) is 17.7 Å². The summed E-state index contributed by atoms with van der Waals surface area (Å²) in [4.78, 5) is 12.1. The minimum absolute atomic E-state index is 0.0982. The molecule has 94 valence electrons. The molecule has 0 aliphatic heterocycles. The van der Waals surface area contributed by atoms with Crippen molar-refractivity contribution in [3.63, 3.8) is 0 Å². The van der Waals surface area contributed by atoms with Crippen LogP contribution in [-0.4, -0.2) is 25.2 Å². The van der Waals surface area contributed by atoms with Gasteiger partial charge in [0.2, 0.25) is 0 Å². The Morgan fingerprint density at radius 3 is 2.65 bits per heavy atom. The number of amides is 1. The molecule has 0 spiro atoms. The Hall–Kier alpha value is -0.870. The standard InChI is InChI=1S/C13H18BrNO2/c1-9-5-6-10(11(14)7-9)12(16)15-13(2,3)8-17-4/h5-7H,8H2,1-4H3,(H,15,16). The van der Waals surface area contributed by atoms with Crippen LogP contribution in [0.15, 0.2) is 22.7 Å². The van der Waals surface area contributed by atoms with Crippen LogP contribution in [0.2, 0.25) is 0 Å². The third kappa shape index (κ3) is 4.13. The summed E-state index contributed by atoms with van der Waals surface area (Å²) in [5.74, 6) is -0.0982. The maximum Gasteiger partial charge on any atom is 0.252 e. The minimum atomic E-state index is -0.379. The van der Waals surface area contributed by atoms with Crippen molar-refractivity contribution in [1.29, 1.82) is 0 Å². The fourth-order valence-corrected chi connectivity index (χ4v) is 2.25. The number of aryl methyl sites for hydroxylation is 1. The smallest absolute Gasteiger partial charge is 0.252 e. The van der Waals surface area contributed by atoms with E-state index in [4.69, 9.17) is 4.74 Å². The van der Waals surface area contributed by atoms with Crippen LogP contribution in [0.4, 0.5) is 0 Å². The second kappa shape index (κ2) is 5.65. The number of halogens is 1. The first-order valence-corrected chi connectivity index (χ1v) is 6.22. The van der Waals surface area contributed by atoms with Crippen molar-refractivity contribution in [2.75, 3.05) is 13.7 Å². The minimum Gasteiger partial charge on any atom is -0.382 e. The maximum atomic E-state index is 12.1. The van der Waals surface area contributed by atoms with E-state index in [1.54, 1.807) is 7.11 Å². The lowest BCUT2D eigenvalue weighted by molar-refractivity contribution is 0.0819. The van der Waals surface area contributed by atoms with Crippen molar-refractivity contribution in [2.45, 2.75) is 26.3 Å². The van der Waals surface area contributed by atoms with Crippen molar-refractivity contribution >= 4 is 21.8 Å². The molecule has 0 bridgehead atoms. The summed E-state index contributed by atoms with van der Waals surface area (Å²) in [6.45, 7) is 6.32. The van der Waals surface area contributed by atoms with Crippen LogP contribution in [0.3, 0.4) is 0 Å². The Kier molecular flexibility index (Phi) is 4.71. The molecule has 0 fully saturated rings. The summed E-state index contributed by atoms with van der Waals surface area (Å²) in [6.07, 6.45) is 0. The Bertz CT molecular complexity index is 416. The molecule has 1 aromatic rings. The lowest BCUT2D eigenvalue weighted by atomic mass is 10.1. The summed E-state index contributed by atoms with van der Waals surface area (Å²) in [5, 5.41) is 2.94. The van der Waals surface area contributed by atoms with Gasteiger partial charge in [-0.2, -0.15) is 0 Å². The highest BCUT2D eigenvalue weighted by Crippen LogP contribution is 2.19. The summed E-state index contributed by atoms with van der Waals surface area (Å²) < 4.78 is 5.87. The SMILES string of the molecule is COCC(C)(C)NC(=O)c1ccc(C)cc1Br. The molecule has 1 amide bonds. The molecule has 1 N–H and O–H groups in total. The average molecular weight is 300 g/mol. The fraction of sp³-hybridized carbons (Fsp3) is 0.462. The monoisotopic (exact) mass is 299 g/mol. The molecule has 0 aliphatic rings. The lowest BCUT2D eigenvalue weighted by Gasteiger charge is -2.25. The molecule has 0 atom stereocenters. The van der Waals surface area contributed by atoms with Crippen molar-refractivity contribution in [3.8, 4) is 0 Å². The number of rotatable bonds is 4. The van der Waals surface area contributed by atoms with Crippen LogP contribution in [0, 0.1) is 6.92 Å². The Morgan fingerprint density at radius 2 is 2.12 bits per heavy atom. The van der Waals surface area contributed by atoms with Gasteiger partial charge in [0.1, 0.15) is 0 Å². The molecule has 4 heteroatoms.